The predicted molar refractivity (Wildman–Crippen MR) is 199 cm³/mol. The molecule has 5 aromatic carbocycles. The van der Waals surface area contributed by atoms with Crippen LogP contribution in [0.5, 0.6) is 11.5 Å². The van der Waals surface area contributed by atoms with E-state index in [0.29, 0.717) is 33.7 Å². The number of likely N-dealkylation sites (tertiary alicyclic amines) is 1. The van der Waals surface area contributed by atoms with Gasteiger partial charge in [-0.3, -0.25) is 19.3 Å². The van der Waals surface area contributed by atoms with Crippen LogP contribution in [0.4, 0.5) is 5.69 Å². The first-order valence-corrected chi connectivity index (χ1v) is 18.0. The van der Waals surface area contributed by atoms with Gasteiger partial charge in [-0.25, -0.2) is 0 Å². The molecule has 1 fully saturated rings. The van der Waals surface area contributed by atoms with Crippen LogP contribution >= 0.6 is 23.2 Å². The van der Waals surface area contributed by atoms with Crippen molar-refractivity contribution in [2.24, 2.45) is 11.8 Å². The molecule has 0 radical (unpaired) electrons. The van der Waals surface area contributed by atoms with Crippen LogP contribution in [0.2, 0.25) is 0 Å². The molecular weight excluding hydrogens is 679 g/mol. The molecule has 0 unspecified atom stereocenters. The van der Waals surface area contributed by atoms with E-state index in [9.17, 15) is 14.4 Å². The van der Waals surface area contributed by atoms with E-state index < -0.39 is 45.3 Å². The monoisotopic (exact) mass is 714 g/mol. The number of nitrogens with zero attached hydrogens (tertiary/aromatic N) is 1. The molecule has 1 N–H and O–H groups in total. The van der Waals surface area contributed by atoms with Gasteiger partial charge in [0.25, 0.3) is 0 Å². The molecule has 0 aromatic heterocycles. The van der Waals surface area contributed by atoms with E-state index >= 15 is 0 Å². The fraction of sp³-hybridized carbons (Fsp3) is 0.233. The first-order chi connectivity index (χ1) is 24.5. The lowest BCUT2D eigenvalue weighted by molar-refractivity contribution is -0.146. The van der Waals surface area contributed by atoms with Gasteiger partial charge in [-0.05, 0) is 82.1 Å². The van der Waals surface area contributed by atoms with Gasteiger partial charge >= 0.3 is 0 Å². The third kappa shape index (κ3) is 5.10. The van der Waals surface area contributed by atoms with Crippen LogP contribution in [0.3, 0.4) is 0 Å². The van der Waals surface area contributed by atoms with E-state index in [0.717, 1.165) is 27.3 Å². The fourth-order valence-corrected chi connectivity index (χ4v) is 9.40. The second kappa shape index (κ2) is 12.4. The Morgan fingerprint density at radius 2 is 1.25 bits per heavy atom. The highest BCUT2D eigenvalue weighted by Crippen LogP contribution is 2.69. The largest absolute Gasteiger partial charge is 0.457 e. The summed E-state index contributed by atoms with van der Waals surface area (Å²) in [6, 6.07) is 36.4. The highest BCUT2D eigenvalue weighted by molar-refractivity contribution is 6.36. The Labute approximate surface area is 307 Å². The smallest absolute Gasteiger partial charge is 0.248 e. The van der Waals surface area contributed by atoms with Crippen molar-refractivity contribution in [2.75, 3.05) is 5.32 Å². The average Bonchev–Trinajstić information content (AvgIpc) is 3.41. The molecule has 256 valence electrons. The molecule has 6 nitrogen and oxygen atoms in total. The maximum Gasteiger partial charge on any atom is 0.248 e. The van der Waals surface area contributed by atoms with Crippen molar-refractivity contribution in [3.63, 3.8) is 0 Å². The lowest BCUT2D eigenvalue weighted by Crippen LogP contribution is -2.57. The van der Waals surface area contributed by atoms with Crippen molar-refractivity contribution >= 4 is 46.6 Å². The molecule has 5 aromatic rings. The van der Waals surface area contributed by atoms with Gasteiger partial charge in [0.15, 0.2) is 0 Å². The van der Waals surface area contributed by atoms with Crippen LogP contribution in [0.25, 0.3) is 0 Å². The number of benzene rings is 5. The van der Waals surface area contributed by atoms with Crippen LogP contribution in [0.15, 0.2) is 121 Å². The summed E-state index contributed by atoms with van der Waals surface area (Å²) in [6.07, 6.45) is 0.112. The van der Waals surface area contributed by atoms with Gasteiger partial charge in [0, 0.05) is 12.1 Å². The summed E-state index contributed by atoms with van der Waals surface area (Å²) in [5.41, 5.74) is 6.33. The van der Waals surface area contributed by atoms with Gasteiger partial charge in [-0.1, -0.05) is 105 Å². The Kier molecular flexibility index (Phi) is 8.08. The van der Waals surface area contributed by atoms with Gasteiger partial charge in [0.2, 0.25) is 17.7 Å². The number of hydrogen-bond acceptors (Lipinski definition) is 4. The van der Waals surface area contributed by atoms with Crippen LogP contribution in [-0.4, -0.2) is 28.7 Å². The SMILES string of the molecule is Cc1ccc(C(C)C)c(Oc2ccc(NC(=O)[C@@H](Cc3ccccc3)N3C(=O)[C@@H]4[C@H](C3=O)C3(Cl)c5ccccc5C4(Cl)c4ccccc43)cc2)c1. The summed E-state index contributed by atoms with van der Waals surface area (Å²) in [5, 5.41) is 2.98. The molecule has 8 heteroatoms. The zero-order valence-electron chi connectivity index (χ0n) is 28.4. The number of anilines is 1. The van der Waals surface area contributed by atoms with Gasteiger partial charge in [-0.15, -0.1) is 23.2 Å². The van der Waals surface area contributed by atoms with E-state index in [-0.39, 0.29) is 12.3 Å². The van der Waals surface area contributed by atoms with Crippen molar-refractivity contribution in [3.05, 3.63) is 160 Å². The molecule has 51 heavy (non-hydrogen) atoms. The standard InChI is InChI=1S/C43H36Cl2N2O4/c1-25(2)30-22-17-26(3)23-36(30)51-29-20-18-28(19-21-29)46-39(48)35(24-27-11-5-4-6-12-27)47-40(49)37-38(41(47)50)43(45)32-14-8-7-13-31(32)42(37,44)33-15-9-10-16-34(33)43/h4-23,25,35,37-38H,24H2,1-3H3,(H,46,48)/t35-,37-,38+,42?,43?/m1/s1. The molecule has 0 spiro atoms. The van der Waals surface area contributed by atoms with Crippen LogP contribution in [-0.2, 0) is 30.6 Å². The summed E-state index contributed by atoms with van der Waals surface area (Å²) < 4.78 is 6.26. The zero-order valence-corrected chi connectivity index (χ0v) is 29.9. The zero-order chi connectivity index (χ0) is 35.7. The minimum absolute atomic E-state index is 0.112. The third-order valence-electron chi connectivity index (χ3n) is 10.6. The number of halogens is 2. The van der Waals surface area contributed by atoms with Gasteiger partial charge in [0.1, 0.15) is 27.3 Å². The summed E-state index contributed by atoms with van der Waals surface area (Å²) in [7, 11) is 0. The molecule has 1 saturated heterocycles. The molecule has 0 saturated carbocycles. The summed E-state index contributed by atoms with van der Waals surface area (Å²) in [5.74, 6) is -1.84. The fourth-order valence-electron chi connectivity index (χ4n) is 8.30. The van der Waals surface area contributed by atoms with Crippen molar-refractivity contribution in [1.29, 1.82) is 0 Å². The number of hydrogen-bond donors (Lipinski definition) is 1. The molecule has 2 bridgehead atoms. The number of carbonyl (C=O) groups excluding carboxylic acids is 3. The first-order valence-electron chi connectivity index (χ1n) is 17.2. The molecule has 3 atom stereocenters. The minimum atomic E-state index is -1.34. The lowest BCUT2D eigenvalue weighted by Gasteiger charge is -2.54. The predicted octanol–water partition coefficient (Wildman–Crippen LogP) is 9.05. The molecule has 3 amide bonds. The number of nitrogens with one attached hydrogen (secondary N) is 1. The first kappa shape index (κ1) is 33.2. The number of carbonyl (C=O) groups is 3. The Bertz CT molecular complexity index is 2080. The van der Waals surface area contributed by atoms with Gasteiger partial charge < -0.3 is 10.1 Å². The topological polar surface area (TPSA) is 75.7 Å². The second-order valence-corrected chi connectivity index (χ2v) is 15.2. The number of alkyl halides is 2. The van der Waals surface area contributed by atoms with Crippen molar-refractivity contribution in [3.8, 4) is 11.5 Å². The molecule has 1 heterocycles. The molecular formula is C43H36Cl2N2O4. The highest BCUT2D eigenvalue weighted by atomic mass is 35.5. The quantitative estimate of drug-likeness (QED) is 0.129. The molecule has 3 aliphatic carbocycles. The second-order valence-electron chi connectivity index (χ2n) is 14.0. The van der Waals surface area contributed by atoms with E-state index in [1.165, 1.54) is 0 Å². The lowest BCUT2D eigenvalue weighted by atomic mass is 9.54. The molecule has 1 aliphatic heterocycles. The van der Waals surface area contributed by atoms with Crippen molar-refractivity contribution in [1.82, 2.24) is 4.90 Å². The summed E-state index contributed by atoms with van der Waals surface area (Å²) in [6.45, 7) is 6.26. The number of imide groups is 1. The Balaban J connectivity index is 1.14. The van der Waals surface area contributed by atoms with Crippen LogP contribution in [0.1, 0.15) is 58.7 Å². The van der Waals surface area contributed by atoms with E-state index in [1.54, 1.807) is 24.3 Å². The highest BCUT2D eigenvalue weighted by Gasteiger charge is 2.73. The van der Waals surface area contributed by atoms with Crippen molar-refractivity contribution in [2.45, 2.75) is 48.9 Å². The van der Waals surface area contributed by atoms with Gasteiger partial charge in [0.05, 0.1) is 11.8 Å². The molecule has 4 aliphatic rings. The van der Waals surface area contributed by atoms with E-state index in [4.69, 9.17) is 27.9 Å². The normalized spacial score (nSPS) is 23.5. The Morgan fingerprint density at radius 3 is 1.76 bits per heavy atom. The van der Waals surface area contributed by atoms with Crippen molar-refractivity contribution < 1.29 is 19.1 Å². The summed E-state index contributed by atoms with van der Waals surface area (Å²) >= 11 is 15.3. The average molecular weight is 716 g/mol. The van der Waals surface area contributed by atoms with E-state index in [1.807, 2.05) is 91.9 Å². The van der Waals surface area contributed by atoms with E-state index in [2.05, 4.69) is 31.3 Å². The Morgan fingerprint density at radius 1 is 0.745 bits per heavy atom. The number of amides is 3. The maximum atomic E-state index is 14.8. The number of rotatable bonds is 8. The third-order valence-corrected chi connectivity index (χ3v) is 11.9. The maximum absolute atomic E-state index is 14.8. The number of ether oxygens (including phenoxy) is 1. The van der Waals surface area contributed by atoms with Crippen LogP contribution in [0, 0.1) is 18.8 Å². The summed E-state index contributed by atoms with van der Waals surface area (Å²) in [4.78, 5) is 42.4. The molecule has 9 rings (SSSR count). The minimum Gasteiger partial charge on any atom is -0.457 e. The van der Waals surface area contributed by atoms with Crippen LogP contribution < -0.4 is 10.1 Å². The Hall–Kier alpha value is -4.91. The number of aryl methyl sites for hydroxylation is 1. The van der Waals surface area contributed by atoms with Gasteiger partial charge in [-0.2, -0.15) is 0 Å².